The second kappa shape index (κ2) is 8.10. The van der Waals surface area contributed by atoms with E-state index >= 15 is 0 Å². The minimum atomic E-state index is -0.605. The van der Waals surface area contributed by atoms with Crippen LogP contribution < -0.4 is 10.6 Å². The number of pyridine rings is 1. The van der Waals surface area contributed by atoms with Crippen molar-refractivity contribution < 1.29 is 9.59 Å². The molecule has 6 heteroatoms. The highest BCUT2D eigenvalue weighted by Crippen LogP contribution is 2.27. The number of aromatic nitrogens is 1. The Balaban J connectivity index is 1.93. The van der Waals surface area contributed by atoms with Gasteiger partial charge in [-0.05, 0) is 36.9 Å². The number of thiophene rings is 1. The normalized spacial score (nSPS) is 11.9. The average molecular weight is 367 g/mol. The smallest absolute Gasteiger partial charge is 0.252 e. The van der Waals surface area contributed by atoms with Crippen molar-refractivity contribution in [1.29, 1.82) is 0 Å². The minimum absolute atomic E-state index is 0.183. The number of para-hydroxylation sites is 1. The summed E-state index contributed by atoms with van der Waals surface area (Å²) < 4.78 is 0. The van der Waals surface area contributed by atoms with Gasteiger partial charge in [0.05, 0.1) is 21.7 Å². The Morgan fingerprint density at radius 2 is 2.00 bits per heavy atom. The molecule has 5 nitrogen and oxygen atoms in total. The summed E-state index contributed by atoms with van der Waals surface area (Å²) >= 11 is 1.57. The zero-order valence-corrected chi connectivity index (χ0v) is 15.6. The molecule has 1 aromatic carbocycles. The molecule has 2 heterocycles. The molecular formula is C20H21N3O2S. The van der Waals surface area contributed by atoms with Gasteiger partial charge in [0.2, 0.25) is 5.91 Å². The highest BCUT2D eigenvalue weighted by Gasteiger charge is 2.19. The third kappa shape index (κ3) is 3.91. The molecule has 0 saturated heterocycles. The third-order valence-corrected chi connectivity index (χ3v) is 4.92. The number of hydrogen-bond donors (Lipinski definition) is 2. The Labute approximate surface area is 156 Å². The van der Waals surface area contributed by atoms with Crippen LogP contribution in [-0.4, -0.2) is 29.4 Å². The van der Waals surface area contributed by atoms with Gasteiger partial charge in [0.15, 0.2) is 0 Å². The maximum Gasteiger partial charge on any atom is 0.252 e. The molecule has 1 atom stereocenters. The Morgan fingerprint density at radius 3 is 2.73 bits per heavy atom. The molecular weight excluding hydrogens is 346 g/mol. The van der Waals surface area contributed by atoms with E-state index in [-0.39, 0.29) is 11.8 Å². The Kier molecular flexibility index (Phi) is 5.63. The second-order valence-corrected chi connectivity index (χ2v) is 6.98. The fourth-order valence-corrected chi connectivity index (χ4v) is 3.34. The van der Waals surface area contributed by atoms with E-state index in [9.17, 15) is 9.59 Å². The highest BCUT2D eigenvalue weighted by molar-refractivity contribution is 7.13. The number of nitrogens with zero attached hydrogens (tertiary/aromatic N) is 1. The lowest BCUT2D eigenvalue weighted by Crippen LogP contribution is -2.45. The van der Waals surface area contributed by atoms with Gasteiger partial charge in [0, 0.05) is 11.9 Å². The quantitative estimate of drug-likeness (QED) is 0.699. The second-order valence-electron chi connectivity index (χ2n) is 6.04. The largest absolute Gasteiger partial charge is 0.354 e. The molecule has 0 aliphatic rings. The first kappa shape index (κ1) is 18.1. The van der Waals surface area contributed by atoms with Crippen molar-refractivity contribution >= 4 is 34.1 Å². The topological polar surface area (TPSA) is 71.1 Å². The van der Waals surface area contributed by atoms with Crippen LogP contribution in [-0.2, 0) is 4.79 Å². The number of nitrogens with one attached hydrogen (secondary N) is 2. The molecule has 0 fully saturated rings. The van der Waals surface area contributed by atoms with Gasteiger partial charge in [0.25, 0.3) is 5.91 Å². The van der Waals surface area contributed by atoms with Crippen LogP contribution in [0.5, 0.6) is 0 Å². The number of carbonyl (C=O) groups is 2. The minimum Gasteiger partial charge on any atom is -0.354 e. The summed E-state index contributed by atoms with van der Waals surface area (Å²) in [7, 11) is 0. The number of amides is 2. The summed E-state index contributed by atoms with van der Waals surface area (Å²) in [6.45, 7) is 4.27. The summed E-state index contributed by atoms with van der Waals surface area (Å²) in [6, 6.07) is 12.7. The predicted octanol–water partition coefficient (Wildman–Crippen LogP) is 3.61. The van der Waals surface area contributed by atoms with Crippen molar-refractivity contribution in [2.24, 2.45) is 0 Å². The first-order chi connectivity index (χ1) is 12.6. The van der Waals surface area contributed by atoms with E-state index in [1.165, 1.54) is 0 Å². The van der Waals surface area contributed by atoms with Crippen LogP contribution >= 0.6 is 11.3 Å². The van der Waals surface area contributed by atoms with E-state index in [1.807, 2.05) is 48.7 Å². The molecule has 0 bridgehead atoms. The van der Waals surface area contributed by atoms with Crippen molar-refractivity contribution in [3.63, 3.8) is 0 Å². The van der Waals surface area contributed by atoms with Crippen molar-refractivity contribution in [1.82, 2.24) is 15.6 Å². The molecule has 0 saturated carbocycles. The van der Waals surface area contributed by atoms with Crippen LogP contribution in [0, 0.1) is 0 Å². The van der Waals surface area contributed by atoms with Gasteiger partial charge >= 0.3 is 0 Å². The SMILES string of the molecule is CCCNC(=O)[C@@H](C)NC(=O)c1cc(-c2cccs2)nc2ccccc12. The van der Waals surface area contributed by atoms with Gasteiger partial charge in [-0.3, -0.25) is 9.59 Å². The van der Waals surface area contributed by atoms with E-state index in [0.29, 0.717) is 12.1 Å². The fourth-order valence-electron chi connectivity index (χ4n) is 2.66. The lowest BCUT2D eigenvalue weighted by Gasteiger charge is -2.15. The van der Waals surface area contributed by atoms with Gasteiger partial charge in [-0.2, -0.15) is 0 Å². The first-order valence-corrected chi connectivity index (χ1v) is 9.50. The standard InChI is InChI=1S/C20H21N3O2S/c1-3-10-21-19(24)13(2)22-20(25)15-12-17(18-9-6-11-26-18)23-16-8-5-4-7-14(15)16/h4-9,11-13H,3,10H2,1-2H3,(H,21,24)(H,22,25)/t13-/m1/s1. The van der Waals surface area contributed by atoms with Crippen molar-refractivity contribution in [3.05, 3.63) is 53.4 Å². The van der Waals surface area contributed by atoms with Crippen molar-refractivity contribution in [2.45, 2.75) is 26.3 Å². The molecule has 0 aliphatic carbocycles. The Hall–Kier alpha value is -2.73. The zero-order chi connectivity index (χ0) is 18.5. The molecule has 0 aliphatic heterocycles. The number of fused-ring (bicyclic) bond motifs is 1. The van der Waals surface area contributed by atoms with E-state index in [2.05, 4.69) is 15.6 Å². The molecule has 0 spiro atoms. The fraction of sp³-hybridized carbons (Fsp3) is 0.250. The maximum absolute atomic E-state index is 12.9. The Bertz CT molecular complexity index is 922. The average Bonchev–Trinajstić information content (AvgIpc) is 3.19. The molecule has 2 amide bonds. The molecule has 0 radical (unpaired) electrons. The lowest BCUT2D eigenvalue weighted by atomic mass is 10.1. The molecule has 0 unspecified atom stereocenters. The van der Waals surface area contributed by atoms with Gasteiger partial charge in [-0.25, -0.2) is 4.98 Å². The van der Waals surface area contributed by atoms with E-state index in [1.54, 1.807) is 24.3 Å². The van der Waals surface area contributed by atoms with Crippen LogP contribution in [0.2, 0.25) is 0 Å². The zero-order valence-electron chi connectivity index (χ0n) is 14.8. The summed E-state index contributed by atoms with van der Waals surface area (Å²) in [5.41, 5.74) is 2.03. The van der Waals surface area contributed by atoms with Crippen LogP contribution in [0.15, 0.2) is 47.8 Å². The number of hydrogen-bond acceptors (Lipinski definition) is 4. The summed E-state index contributed by atoms with van der Waals surface area (Å²) in [6.07, 6.45) is 0.853. The van der Waals surface area contributed by atoms with Crippen LogP contribution in [0.4, 0.5) is 0 Å². The molecule has 2 N–H and O–H groups in total. The van der Waals surface area contributed by atoms with Crippen molar-refractivity contribution in [3.8, 4) is 10.6 Å². The molecule has 3 aromatic rings. The van der Waals surface area contributed by atoms with Gasteiger partial charge < -0.3 is 10.6 Å². The molecule has 26 heavy (non-hydrogen) atoms. The third-order valence-electron chi connectivity index (χ3n) is 4.02. The highest BCUT2D eigenvalue weighted by atomic mass is 32.1. The van der Waals surface area contributed by atoms with E-state index < -0.39 is 6.04 Å². The van der Waals surface area contributed by atoms with Gasteiger partial charge in [0.1, 0.15) is 6.04 Å². The number of rotatable bonds is 6. The van der Waals surface area contributed by atoms with Crippen LogP contribution in [0.3, 0.4) is 0 Å². The maximum atomic E-state index is 12.9. The van der Waals surface area contributed by atoms with Gasteiger partial charge in [-0.15, -0.1) is 11.3 Å². The monoisotopic (exact) mass is 367 g/mol. The molecule has 2 aromatic heterocycles. The van der Waals surface area contributed by atoms with Crippen LogP contribution in [0.1, 0.15) is 30.6 Å². The molecule has 134 valence electrons. The summed E-state index contributed by atoms with van der Waals surface area (Å²) in [5, 5.41) is 8.34. The number of benzene rings is 1. The van der Waals surface area contributed by atoms with Crippen LogP contribution in [0.25, 0.3) is 21.5 Å². The Morgan fingerprint density at radius 1 is 1.19 bits per heavy atom. The molecule has 3 rings (SSSR count). The van der Waals surface area contributed by atoms with E-state index in [0.717, 1.165) is 27.9 Å². The summed E-state index contributed by atoms with van der Waals surface area (Å²) in [5.74, 6) is -0.461. The lowest BCUT2D eigenvalue weighted by molar-refractivity contribution is -0.122. The van der Waals surface area contributed by atoms with Gasteiger partial charge in [-0.1, -0.05) is 31.2 Å². The predicted molar refractivity (Wildman–Crippen MR) is 105 cm³/mol. The number of carbonyl (C=O) groups excluding carboxylic acids is 2. The van der Waals surface area contributed by atoms with E-state index in [4.69, 9.17) is 0 Å². The summed E-state index contributed by atoms with van der Waals surface area (Å²) in [4.78, 5) is 30.6. The van der Waals surface area contributed by atoms with Crippen molar-refractivity contribution in [2.75, 3.05) is 6.54 Å². The first-order valence-electron chi connectivity index (χ1n) is 8.62.